The van der Waals surface area contributed by atoms with Gasteiger partial charge in [-0.3, -0.25) is 19.8 Å². The maximum atomic E-state index is 12.8. The first-order chi connectivity index (χ1) is 14.0. The van der Waals surface area contributed by atoms with Crippen molar-refractivity contribution in [2.45, 2.75) is 19.6 Å². The summed E-state index contributed by atoms with van der Waals surface area (Å²) in [6.45, 7) is 5.31. The van der Waals surface area contributed by atoms with Crippen molar-refractivity contribution in [1.29, 1.82) is 0 Å². The average molecular weight is 399 g/mol. The minimum Gasteiger partial charge on any atom is -0.493 e. The molecule has 2 aromatic rings. The van der Waals surface area contributed by atoms with Crippen molar-refractivity contribution < 1.29 is 19.2 Å². The number of benzene rings is 2. The van der Waals surface area contributed by atoms with Crippen LogP contribution in [0.15, 0.2) is 48.5 Å². The second-order valence-corrected chi connectivity index (χ2v) is 6.94. The van der Waals surface area contributed by atoms with Gasteiger partial charge in [0.05, 0.1) is 18.1 Å². The lowest BCUT2D eigenvalue weighted by Crippen LogP contribution is -2.51. The maximum absolute atomic E-state index is 12.8. The van der Waals surface area contributed by atoms with E-state index in [1.165, 1.54) is 30.9 Å². The molecule has 2 aromatic carbocycles. The van der Waals surface area contributed by atoms with Crippen molar-refractivity contribution in [2.24, 2.45) is 0 Å². The number of nitrogens with zero attached hydrogens (tertiary/aromatic N) is 3. The van der Waals surface area contributed by atoms with E-state index >= 15 is 0 Å². The average Bonchev–Trinajstić information content (AvgIpc) is 2.74. The zero-order valence-corrected chi connectivity index (χ0v) is 16.6. The highest BCUT2D eigenvalue weighted by molar-refractivity contribution is 5.81. The van der Waals surface area contributed by atoms with E-state index in [1.807, 2.05) is 18.2 Å². The molecule has 0 aromatic heterocycles. The lowest BCUT2D eigenvalue weighted by molar-refractivity contribution is -0.385. The normalized spacial score (nSPS) is 15.6. The Balaban J connectivity index is 1.57. The van der Waals surface area contributed by atoms with Gasteiger partial charge >= 0.3 is 0 Å². The van der Waals surface area contributed by atoms with Gasteiger partial charge in [0.2, 0.25) is 0 Å². The molecule has 1 heterocycles. The second-order valence-electron chi connectivity index (χ2n) is 6.94. The Hall–Kier alpha value is -3.13. The Morgan fingerprint density at radius 3 is 2.41 bits per heavy atom. The van der Waals surface area contributed by atoms with Crippen molar-refractivity contribution in [3.05, 3.63) is 64.2 Å². The highest BCUT2D eigenvalue weighted by atomic mass is 16.6. The summed E-state index contributed by atoms with van der Waals surface area (Å²) in [4.78, 5) is 27.4. The molecular formula is C21H25N3O5. The summed E-state index contributed by atoms with van der Waals surface area (Å²) >= 11 is 0. The molecule has 8 heteroatoms. The number of non-ortho nitro benzene ring substituents is 1. The van der Waals surface area contributed by atoms with E-state index < -0.39 is 11.0 Å². The first kappa shape index (κ1) is 20.6. The molecule has 1 aliphatic rings. The van der Waals surface area contributed by atoms with Gasteiger partial charge in [-0.15, -0.1) is 0 Å². The Morgan fingerprint density at radius 1 is 1.10 bits per heavy atom. The van der Waals surface area contributed by atoms with Crippen LogP contribution in [0.25, 0.3) is 0 Å². The molecule has 0 N–H and O–H groups in total. The molecule has 29 heavy (non-hydrogen) atoms. The van der Waals surface area contributed by atoms with E-state index in [0.717, 1.165) is 19.6 Å². The van der Waals surface area contributed by atoms with Crippen LogP contribution in [-0.4, -0.2) is 60.0 Å². The van der Waals surface area contributed by atoms with Crippen molar-refractivity contribution in [2.75, 3.05) is 33.3 Å². The van der Waals surface area contributed by atoms with Gasteiger partial charge in [-0.1, -0.05) is 30.3 Å². The molecule has 0 aliphatic carbocycles. The molecule has 0 bridgehead atoms. The minimum atomic E-state index is -0.772. The zero-order valence-electron chi connectivity index (χ0n) is 16.6. The summed E-state index contributed by atoms with van der Waals surface area (Å²) in [5.74, 6) is 0.395. The van der Waals surface area contributed by atoms with Crippen molar-refractivity contribution in [1.82, 2.24) is 9.80 Å². The number of carbonyl (C=O) groups is 1. The van der Waals surface area contributed by atoms with E-state index in [9.17, 15) is 14.9 Å². The molecule has 1 saturated heterocycles. The van der Waals surface area contributed by atoms with E-state index in [2.05, 4.69) is 17.0 Å². The molecule has 0 unspecified atom stereocenters. The number of amides is 1. The number of ether oxygens (including phenoxy) is 2. The molecule has 8 nitrogen and oxygen atoms in total. The molecule has 1 atom stereocenters. The van der Waals surface area contributed by atoms with Gasteiger partial charge in [0.25, 0.3) is 11.6 Å². The van der Waals surface area contributed by atoms with Crippen molar-refractivity contribution in [3.63, 3.8) is 0 Å². The maximum Gasteiger partial charge on any atom is 0.273 e. The molecule has 3 rings (SSSR count). The lowest BCUT2D eigenvalue weighted by Gasteiger charge is -2.36. The van der Waals surface area contributed by atoms with Gasteiger partial charge < -0.3 is 14.4 Å². The predicted molar refractivity (Wildman–Crippen MR) is 108 cm³/mol. The fraction of sp³-hybridized carbons (Fsp3) is 0.381. The van der Waals surface area contributed by atoms with E-state index in [0.29, 0.717) is 18.8 Å². The second kappa shape index (κ2) is 9.38. The van der Waals surface area contributed by atoms with Crippen molar-refractivity contribution in [3.8, 4) is 11.5 Å². The first-order valence-electron chi connectivity index (χ1n) is 9.52. The quantitative estimate of drug-likeness (QED) is 0.526. The predicted octanol–water partition coefficient (Wildman–Crippen LogP) is 2.72. The summed E-state index contributed by atoms with van der Waals surface area (Å²) < 4.78 is 10.9. The molecule has 1 amide bonds. The monoisotopic (exact) mass is 399 g/mol. The van der Waals surface area contributed by atoms with Gasteiger partial charge in [0.15, 0.2) is 17.6 Å². The van der Waals surface area contributed by atoms with Crippen LogP contribution in [-0.2, 0) is 11.3 Å². The molecule has 0 spiro atoms. The van der Waals surface area contributed by atoms with Crippen molar-refractivity contribution >= 4 is 11.6 Å². The van der Waals surface area contributed by atoms with Crippen LogP contribution in [0.1, 0.15) is 12.5 Å². The van der Waals surface area contributed by atoms with Crippen LogP contribution in [0.4, 0.5) is 5.69 Å². The number of nitro benzene ring substituents is 1. The molecule has 0 radical (unpaired) electrons. The minimum absolute atomic E-state index is 0.116. The van der Waals surface area contributed by atoms with Gasteiger partial charge in [0.1, 0.15) is 0 Å². The van der Waals surface area contributed by atoms with Gasteiger partial charge in [0, 0.05) is 38.8 Å². The van der Waals surface area contributed by atoms with Gasteiger partial charge in [-0.2, -0.15) is 0 Å². The number of methoxy groups -OCH3 is 1. The van der Waals surface area contributed by atoms with Gasteiger partial charge in [-0.25, -0.2) is 0 Å². The Kier molecular flexibility index (Phi) is 6.66. The van der Waals surface area contributed by atoms with Crippen LogP contribution in [0.2, 0.25) is 0 Å². The summed E-state index contributed by atoms with van der Waals surface area (Å²) in [7, 11) is 1.45. The fourth-order valence-corrected chi connectivity index (χ4v) is 3.34. The lowest BCUT2D eigenvalue weighted by atomic mass is 10.2. The highest BCUT2D eigenvalue weighted by Gasteiger charge is 2.27. The van der Waals surface area contributed by atoms with E-state index in [-0.39, 0.29) is 17.3 Å². The summed E-state index contributed by atoms with van der Waals surface area (Å²) in [6.07, 6.45) is -0.772. The number of piperazine rings is 1. The van der Waals surface area contributed by atoms with Crippen LogP contribution in [0.3, 0.4) is 0 Å². The third kappa shape index (κ3) is 5.23. The summed E-state index contributed by atoms with van der Waals surface area (Å²) in [5, 5.41) is 11.0. The number of hydrogen-bond acceptors (Lipinski definition) is 6. The summed E-state index contributed by atoms with van der Waals surface area (Å²) in [5.41, 5.74) is 1.14. The highest BCUT2D eigenvalue weighted by Crippen LogP contribution is 2.32. The van der Waals surface area contributed by atoms with E-state index in [1.54, 1.807) is 11.8 Å². The molecule has 0 saturated carbocycles. The molecule has 1 fully saturated rings. The number of hydrogen-bond donors (Lipinski definition) is 0. The topological polar surface area (TPSA) is 85.2 Å². The van der Waals surface area contributed by atoms with E-state index in [4.69, 9.17) is 9.47 Å². The fourth-order valence-electron chi connectivity index (χ4n) is 3.34. The van der Waals surface area contributed by atoms with Crippen LogP contribution < -0.4 is 9.47 Å². The number of rotatable bonds is 7. The SMILES string of the molecule is COc1ccc([N+](=O)[O-])cc1O[C@@H](C)C(=O)N1CCN(Cc2ccccc2)CC1. The zero-order chi connectivity index (χ0) is 20.8. The molecule has 154 valence electrons. The first-order valence-corrected chi connectivity index (χ1v) is 9.52. The Morgan fingerprint density at radius 2 is 1.79 bits per heavy atom. The third-order valence-electron chi connectivity index (χ3n) is 4.94. The van der Waals surface area contributed by atoms with Crippen LogP contribution >= 0.6 is 0 Å². The Labute approximate surface area is 169 Å². The third-order valence-corrected chi connectivity index (χ3v) is 4.94. The van der Waals surface area contributed by atoms with Gasteiger partial charge in [-0.05, 0) is 18.6 Å². The van der Waals surface area contributed by atoms with Crippen LogP contribution in [0.5, 0.6) is 11.5 Å². The number of nitro groups is 1. The molecule has 1 aliphatic heterocycles. The Bertz CT molecular complexity index is 851. The number of carbonyl (C=O) groups excluding carboxylic acids is 1. The molecular weight excluding hydrogens is 374 g/mol. The standard InChI is InChI=1S/C21H25N3O5/c1-16(29-20-14-18(24(26)27)8-9-19(20)28-2)21(25)23-12-10-22(11-13-23)15-17-6-4-3-5-7-17/h3-9,14,16H,10-13,15H2,1-2H3/t16-/m0/s1. The van der Waals surface area contributed by atoms with Crippen LogP contribution in [0, 0.1) is 10.1 Å². The summed E-state index contributed by atoms with van der Waals surface area (Å²) in [6, 6.07) is 14.3. The largest absolute Gasteiger partial charge is 0.493 e. The smallest absolute Gasteiger partial charge is 0.273 e.